The Morgan fingerprint density at radius 3 is 2.21 bits per heavy atom. The fourth-order valence-electron chi connectivity index (χ4n) is 1.97. The summed E-state index contributed by atoms with van der Waals surface area (Å²) in [5.74, 6) is 0.662. The van der Waals surface area contributed by atoms with Crippen molar-refractivity contribution in [3.8, 4) is 0 Å². The smallest absolute Gasteiger partial charge is 0.0700 e. The van der Waals surface area contributed by atoms with E-state index in [9.17, 15) is 0 Å². The van der Waals surface area contributed by atoms with Crippen molar-refractivity contribution in [3.63, 3.8) is 0 Å². The van der Waals surface area contributed by atoms with E-state index in [1.807, 2.05) is 0 Å². The molecule has 0 aliphatic heterocycles. The second-order valence-corrected chi connectivity index (χ2v) is 6.01. The molecule has 4 heteroatoms. The van der Waals surface area contributed by atoms with E-state index in [0.29, 0.717) is 24.5 Å². The van der Waals surface area contributed by atoms with E-state index in [4.69, 9.17) is 14.2 Å². The highest BCUT2D eigenvalue weighted by molar-refractivity contribution is 4.76. The van der Waals surface area contributed by atoms with Crippen LogP contribution in [0.15, 0.2) is 0 Å². The number of methoxy groups -OCH3 is 2. The van der Waals surface area contributed by atoms with E-state index < -0.39 is 0 Å². The fraction of sp³-hybridized carbons (Fsp3) is 1.00. The summed E-state index contributed by atoms with van der Waals surface area (Å²) >= 11 is 0. The summed E-state index contributed by atoms with van der Waals surface area (Å²) in [6.45, 7) is 11.9. The van der Waals surface area contributed by atoms with Crippen LogP contribution in [0.4, 0.5) is 0 Å². The van der Waals surface area contributed by atoms with Gasteiger partial charge in [-0.3, -0.25) is 0 Å². The van der Waals surface area contributed by atoms with Gasteiger partial charge in [-0.2, -0.15) is 0 Å². The molecular weight excluding hydrogens is 242 g/mol. The minimum Gasteiger partial charge on any atom is -0.383 e. The summed E-state index contributed by atoms with van der Waals surface area (Å²) in [6, 6.07) is 0. The molecule has 19 heavy (non-hydrogen) atoms. The highest BCUT2D eigenvalue weighted by Gasteiger charge is 2.23. The average Bonchev–Trinajstić information content (AvgIpc) is 2.34. The Kier molecular flexibility index (Phi) is 11.6. The molecule has 1 unspecified atom stereocenters. The lowest BCUT2D eigenvalue weighted by Crippen LogP contribution is -2.33. The highest BCUT2D eigenvalue weighted by atomic mass is 16.5. The molecule has 0 heterocycles. The van der Waals surface area contributed by atoms with Crippen molar-refractivity contribution >= 4 is 0 Å². The second-order valence-electron chi connectivity index (χ2n) is 6.01. The first-order chi connectivity index (χ1) is 9.02. The lowest BCUT2D eigenvalue weighted by Gasteiger charge is -2.31. The van der Waals surface area contributed by atoms with Gasteiger partial charge in [-0.05, 0) is 30.7 Å². The Morgan fingerprint density at radius 1 is 0.947 bits per heavy atom. The summed E-state index contributed by atoms with van der Waals surface area (Å²) in [4.78, 5) is 0. The SMILES string of the molecule is COCCNCC(CCCOCCOC)C(C)(C)C. The summed E-state index contributed by atoms with van der Waals surface area (Å²) in [5.41, 5.74) is 0.326. The molecule has 0 fully saturated rings. The van der Waals surface area contributed by atoms with Gasteiger partial charge in [0.15, 0.2) is 0 Å². The van der Waals surface area contributed by atoms with Crippen LogP contribution in [0.25, 0.3) is 0 Å². The molecule has 0 aliphatic rings. The number of hydrogen-bond acceptors (Lipinski definition) is 4. The quantitative estimate of drug-likeness (QED) is 0.555. The van der Waals surface area contributed by atoms with Crippen molar-refractivity contribution in [1.29, 1.82) is 0 Å². The van der Waals surface area contributed by atoms with Crippen molar-refractivity contribution in [2.45, 2.75) is 33.6 Å². The molecule has 0 aliphatic carbocycles. The zero-order valence-electron chi connectivity index (χ0n) is 13.5. The van der Waals surface area contributed by atoms with Crippen LogP contribution in [0.2, 0.25) is 0 Å². The predicted molar refractivity (Wildman–Crippen MR) is 79.6 cm³/mol. The van der Waals surface area contributed by atoms with Gasteiger partial charge in [0.05, 0.1) is 19.8 Å². The Labute approximate surface area is 119 Å². The second kappa shape index (κ2) is 11.6. The first-order valence-corrected chi connectivity index (χ1v) is 7.28. The summed E-state index contributed by atoms with van der Waals surface area (Å²) in [5, 5.41) is 3.47. The lowest BCUT2D eigenvalue weighted by atomic mass is 9.78. The van der Waals surface area contributed by atoms with Gasteiger partial charge in [-0.1, -0.05) is 20.8 Å². The summed E-state index contributed by atoms with van der Waals surface area (Å²) in [7, 11) is 3.44. The fourth-order valence-corrected chi connectivity index (χ4v) is 1.97. The van der Waals surface area contributed by atoms with Gasteiger partial charge in [0.1, 0.15) is 0 Å². The number of hydrogen-bond donors (Lipinski definition) is 1. The van der Waals surface area contributed by atoms with E-state index in [2.05, 4.69) is 26.1 Å². The van der Waals surface area contributed by atoms with Crippen LogP contribution in [0.1, 0.15) is 33.6 Å². The van der Waals surface area contributed by atoms with Crippen LogP contribution in [0.3, 0.4) is 0 Å². The molecule has 116 valence electrons. The molecule has 0 saturated carbocycles. The number of rotatable bonds is 12. The van der Waals surface area contributed by atoms with Crippen molar-refractivity contribution in [2.75, 3.05) is 53.7 Å². The molecule has 0 radical (unpaired) electrons. The molecule has 4 nitrogen and oxygen atoms in total. The van der Waals surface area contributed by atoms with Gasteiger partial charge in [-0.15, -0.1) is 0 Å². The molecule has 0 aromatic rings. The molecule has 0 aromatic carbocycles. The maximum atomic E-state index is 5.51. The normalized spacial score (nSPS) is 13.7. The monoisotopic (exact) mass is 275 g/mol. The molecule has 0 aromatic heterocycles. The van der Waals surface area contributed by atoms with Crippen LogP contribution >= 0.6 is 0 Å². The topological polar surface area (TPSA) is 39.7 Å². The minimum absolute atomic E-state index is 0.326. The molecule has 0 bridgehead atoms. The molecule has 1 N–H and O–H groups in total. The van der Waals surface area contributed by atoms with Crippen molar-refractivity contribution in [1.82, 2.24) is 5.32 Å². The highest BCUT2D eigenvalue weighted by Crippen LogP contribution is 2.29. The summed E-state index contributed by atoms with van der Waals surface area (Å²) < 4.78 is 15.5. The van der Waals surface area contributed by atoms with Gasteiger partial charge in [0.25, 0.3) is 0 Å². The van der Waals surface area contributed by atoms with E-state index in [1.54, 1.807) is 14.2 Å². The molecule has 0 amide bonds. The Hall–Kier alpha value is -0.160. The van der Waals surface area contributed by atoms with Crippen LogP contribution in [-0.4, -0.2) is 53.7 Å². The Bertz CT molecular complexity index is 192. The van der Waals surface area contributed by atoms with Crippen LogP contribution in [0.5, 0.6) is 0 Å². The van der Waals surface area contributed by atoms with Gasteiger partial charge in [0, 0.05) is 27.4 Å². The maximum absolute atomic E-state index is 5.51. The standard InChI is InChI=1S/C15H33NO3/c1-15(2,3)14(13-16-8-10-17-4)7-6-9-19-12-11-18-5/h14,16H,6-13H2,1-5H3. The average molecular weight is 275 g/mol. The van der Waals surface area contributed by atoms with Crippen LogP contribution in [-0.2, 0) is 14.2 Å². The third kappa shape index (κ3) is 11.4. The third-order valence-corrected chi connectivity index (χ3v) is 3.37. The van der Waals surface area contributed by atoms with Crippen molar-refractivity contribution < 1.29 is 14.2 Å². The Morgan fingerprint density at radius 2 is 1.63 bits per heavy atom. The number of ether oxygens (including phenoxy) is 3. The van der Waals surface area contributed by atoms with Gasteiger partial charge in [0.2, 0.25) is 0 Å². The van der Waals surface area contributed by atoms with E-state index in [-0.39, 0.29) is 0 Å². The molecule has 0 rings (SSSR count). The van der Waals surface area contributed by atoms with Gasteiger partial charge < -0.3 is 19.5 Å². The molecular formula is C15H33NO3. The Balaban J connectivity index is 3.75. The van der Waals surface area contributed by atoms with Gasteiger partial charge >= 0.3 is 0 Å². The number of nitrogens with one attached hydrogen (secondary N) is 1. The largest absolute Gasteiger partial charge is 0.383 e. The van der Waals surface area contributed by atoms with E-state index >= 15 is 0 Å². The first-order valence-electron chi connectivity index (χ1n) is 7.28. The van der Waals surface area contributed by atoms with Crippen molar-refractivity contribution in [2.24, 2.45) is 11.3 Å². The maximum Gasteiger partial charge on any atom is 0.0700 e. The minimum atomic E-state index is 0.326. The summed E-state index contributed by atoms with van der Waals surface area (Å²) in [6.07, 6.45) is 2.30. The van der Waals surface area contributed by atoms with Crippen LogP contribution < -0.4 is 5.32 Å². The van der Waals surface area contributed by atoms with E-state index in [1.165, 1.54) is 6.42 Å². The zero-order chi connectivity index (χ0) is 14.6. The third-order valence-electron chi connectivity index (χ3n) is 3.37. The molecule has 0 saturated heterocycles. The van der Waals surface area contributed by atoms with Crippen LogP contribution in [0, 0.1) is 11.3 Å². The zero-order valence-corrected chi connectivity index (χ0v) is 13.5. The van der Waals surface area contributed by atoms with Gasteiger partial charge in [-0.25, -0.2) is 0 Å². The molecule has 0 spiro atoms. The first kappa shape index (κ1) is 18.8. The van der Waals surface area contributed by atoms with E-state index in [0.717, 1.165) is 32.7 Å². The predicted octanol–water partition coefficient (Wildman–Crippen LogP) is 2.33. The lowest BCUT2D eigenvalue weighted by molar-refractivity contribution is 0.0641. The van der Waals surface area contributed by atoms with Crippen molar-refractivity contribution in [3.05, 3.63) is 0 Å². The molecule has 1 atom stereocenters.